The Labute approximate surface area is 156 Å². The maximum Gasteiger partial charge on any atom is 0.138 e. The molecule has 1 fully saturated rings. The molecule has 2 aromatic rings. The van der Waals surface area contributed by atoms with Crippen molar-refractivity contribution in [2.75, 3.05) is 31.2 Å². The Morgan fingerprint density at radius 1 is 1.00 bits per heavy atom. The summed E-state index contributed by atoms with van der Waals surface area (Å²) in [7, 11) is 0. The van der Waals surface area contributed by atoms with Crippen molar-refractivity contribution in [2.24, 2.45) is 5.73 Å². The molecule has 0 bridgehead atoms. The second-order valence-electron chi connectivity index (χ2n) is 7.16. The van der Waals surface area contributed by atoms with E-state index in [1.165, 1.54) is 16.8 Å². The Morgan fingerprint density at radius 3 is 2.12 bits per heavy atom. The van der Waals surface area contributed by atoms with Crippen LogP contribution in [0.3, 0.4) is 0 Å². The zero-order chi connectivity index (χ0) is 18.4. The normalized spacial score (nSPS) is 15.7. The third-order valence-electron chi connectivity index (χ3n) is 4.69. The second kappa shape index (κ2) is 8.97. The van der Waals surface area contributed by atoms with Crippen LogP contribution in [-0.2, 0) is 22.4 Å². The number of carbonyl (C=O) groups is 1. The van der Waals surface area contributed by atoms with Gasteiger partial charge < -0.3 is 15.4 Å². The summed E-state index contributed by atoms with van der Waals surface area (Å²) in [4.78, 5) is 14.2. The Bertz CT molecular complexity index is 702. The van der Waals surface area contributed by atoms with Crippen molar-refractivity contribution in [2.45, 2.75) is 32.2 Å². The molecule has 0 aromatic heterocycles. The summed E-state index contributed by atoms with van der Waals surface area (Å²) in [6, 6.07) is 17.1. The van der Waals surface area contributed by atoms with Gasteiger partial charge in [0.05, 0.1) is 13.2 Å². The molecule has 0 radical (unpaired) electrons. The average molecular weight is 352 g/mol. The number of carbonyl (C=O) groups excluding carboxylic acids is 1. The molecule has 138 valence electrons. The minimum absolute atomic E-state index is 0.0674. The molecule has 1 aliphatic heterocycles. The van der Waals surface area contributed by atoms with Crippen LogP contribution in [0.25, 0.3) is 0 Å². The van der Waals surface area contributed by atoms with Gasteiger partial charge in [0.1, 0.15) is 5.78 Å². The Kier molecular flexibility index (Phi) is 6.42. The summed E-state index contributed by atoms with van der Waals surface area (Å²) in [5.74, 6) is 0.200. The van der Waals surface area contributed by atoms with Crippen LogP contribution in [0.5, 0.6) is 0 Å². The molecule has 0 spiro atoms. The predicted octanol–water partition coefficient (Wildman–Crippen LogP) is 2.96. The lowest BCUT2D eigenvalue weighted by atomic mass is 10.00. The van der Waals surface area contributed by atoms with Crippen LogP contribution in [0.4, 0.5) is 5.69 Å². The fraction of sp³-hybridized carbons (Fsp3) is 0.409. The molecule has 1 heterocycles. The van der Waals surface area contributed by atoms with Crippen LogP contribution in [0.1, 0.15) is 30.0 Å². The summed E-state index contributed by atoms with van der Waals surface area (Å²) in [6.45, 7) is 5.40. The van der Waals surface area contributed by atoms with Crippen LogP contribution in [0, 0.1) is 0 Å². The highest BCUT2D eigenvalue weighted by molar-refractivity contribution is 5.81. The van der Waals surface area contributed by atoms with Crippen molar-refractivity contribution >= 4 is 11.5 Å². The lowest BCUT2D eigenvalue weighted by Gasteiger charge is -2.28. The SMILES string of the molecule is CC(N)CC(=O)Cc1ccc(Cc2ccc(N3CCOCC3)cc2)cc1. The highest BCUT2D eigenvalue weighted by Gasteiger charge is 2.11. The van der Waals surface area contributed by atoms with E-state index < -0.39 is 0 Å². The van der Waals surface area contributed by atoms with Crippen molar-refractivity contribution in [3.8, 4) is 0 Å². The smallest absolute Gasteiger partial charge is 0.138 e. The van der Waals surface area contributed by atoms with E-state index in [9.17, 15) is 4.79 Å². The summed E-state index contributed by atoms with van der Waals surface area (Å²) < 4.78 is 5.41. The summed E-state index contributed by atoms with van der Waals surface area (Å²) in [6.07, 6.45) is 1.81. The fourth-order valence-electron chi connectivity index (χ4n) is 3.32. The van der Waals surface area contributed by atoms with Gasteiger partial charge in [-0.1, -0.05) is 36.4 Å². The van der Waals surface area contributed by atoms with E-state index in [4.69, 9.17) is 10.5 Å². The Hall–Kier alpha value is -2.17. The van der Waals surface area contributed by atoms with Gasteiger partial charge in [-0.2, -0.15) is 0 Å². The number of nitrogens with two attached hydrogens (primary N) is 1. The van der Waals surface area contributed by atoms with E-state index in [0.717, 1.165) is 38.3 Å². The number of hydrogen-bond acceptors (Lipinski definition) is 4. The highest BCUT2D eigenvalue weighted by atomic mass is 16.5. The number of morpholine rings is 1. The number of ketones is 1. The van der Waals surface area contributed by atoms with E-state index >= 15 is 0 Å². The molecule has 0 amide bonds. The maximum atomic E-state index is 11.9. The number of anilines is 1. The van der Waals surface area contributed by atoms with Gasteiger partial charge in [-0.15, -0.1) is 0 Å². The van der Waals surface area contributed by atoms with Gasteiger partial charge in [-0.05, 0) is 42.2 Å². The summed E-state index contributed by atoms with van der Waals surface area (Å²) >= 11 is 0. The molecule has 0 saturated carbocycles. The highest BCUT2D eigenvalue weighted by Crippen LogP contribution is 2.19. The number of benzene rings is 2. The van der Waals surface area contributed by atoms with Crippen molar-refractivity contribution in [1.82, 2.24) is 0 Å². The molecule has 4 nitrogen and oxygen atoms in total. The van der Waals surface area contributed by atoms with Gasteiger partial charge in [0, 0.05) is 37.7 Å². The van der Waals surface area contributed by atoms with Crippen molar-refractivity contribution in [1.29, 1.82) is 0 Å². The van der Waals surface area contributed by atoms with E-state index in [-0.39, 0.29) is 11.8 Å². The van der Waals surface area contributed by atoms with Crippen LogP contribution < -0.4 is 10.6 Å². The first kappa shape index (κ1) is 18.6. The molecular formula is C22H28N2O2. The van der Waals surface area contributed by atoms with Crippen LogP contribution >= 0.6 is 0 Å². The van der Waals surface area contributed by atoms with Crippen molar-refractivity contribution < 1.29 is 9.53 Å². The van der Waals surface area contributed by atoms with Gasteiger partial charge in [0.25, 0.3) is 0 Å². The van der Waals surface area contributed by atoms with Crippen LogP contribution in [0.15, 0.2) is 48.5 Å². The van der Waals surface area contributed by atoms with Crippen molar-refractivity contribution in [3.63, 3.8) is 0 Å². The van der Waals surface area contributed by atoms with Gasteiger partial charge >= 0.3 is 0 Å². The lowest BCUT2D eigenvalue weighted by molar-refractivity contribution is -0.118. The number of hydrogen-bond donors (Lipinski definition) is 1. The van der Waals surface area contributed by atoms with Gasteiger partial charge in [0.2, 0.25) is 0 Å². The molecule has 2 aromatic carbocycles. The second-order valence-corrected chi connectivity index (χ2v) is 7.16. The van der Waals surface area contributed by atoms with E-state index in [2.05, 4.69) is 53.4 Å². The van der Waals surface area contributed by atoms with Gasteiger partial charge in [0.15, 0.2) is 0 Å². The molecule has 4 heteroatoms. The number of Topliss-reactive ketones (excluding diaryl/α,β-unsaturated/α-hetero) is 1. The first-order valence-corrected chi connectivity index (χ1v) is 9.37. The molecule has 2 N–H and O–H groups in total. The molecule has 1 atom stereocenters. The molecule has 26 heavy (non-hydrogen) atoms. The maximum absolute atomic E-state index is 11.9. The predicted molar refractivity (Wildman–Crippen MR) is 106 cm³/mol. The quantitative estimate of drug-likeness (QED) is 0.832. The van der Waals surface area contributed by atoms with Crippen LogP contribution in [0.2, 0.25) is 0 Å². The molecule has 1 aliphatic rings. The fourth-order valence-corrected chi connectivity index (χ4v) is 3.32. The molecule has 0 aliphatic carbocycles. The standard InChI is InChI=1S/C22H28N2O2/c1-17(23)14-22(25)16-20-4-2-18(3-5-20)15-19-6-8-21(9-7-19)24-10-12-26-13-11-24/h2-9,17H,10-16,23H2,1H3. The van der Waals surface area contributed by atoms with E-state index in [1.54, 1.807) is 0 Å². The lowest BCUT2D eigenvalue weighted by Crippen LogP contribution is -2.36. The number of rotatable bonds is 7. The van der Waals surface area contributed by atoms with Gasteiger partial charge in [-0.3, -0.25) is 4.79 Å². The largest absolute Gasteiger partial charge is 0.378 e. The average Bonchev–Trinajstić information content (AvgIpc) is 2.64. The zero-order valence-corrected chi connectivity index (χ0v) is 15.5. The third kappa shape index (κ3) is 5.41. The minimum atomic E-state index is -0.0674. The monoisotopic (exact) mass is 352 g/mol. The summed E-state index contributed by atoms with van der Waals surface area (Å²) in [5.41, 5.74) is 10.6. The summed E-state index contributed by atoms with van der Waals surface area (Å²) in [5, 5.41) is 0. The van der Waals surface area contributed by atoms with E-state index in [0.29, 0.717) is 12.8 Å². The molecule has 1 unspecified atom stereocenters. The minimum Gasteiger partial charge on any atom is -0.378 e. The number of nitrogens with zero attached hydrogens (tertiary/aromatic N) is 1. The van der Waals surface area contributed by atoms with Crippen molar-refractivity contribution in [3.05, 3.63) is 65.2 Å². The molecular weight excluding hydrogens is 324 g/mol. The van der Waals surface area contributed by atoms with Gasteiger partial charge in [-0.25, -0.2) is 0 Å². The molecule has 1 saturated heterocycles. The Morgan fingerprint density at radius 2 is 1.54 bits per heavy atom. The first-order chi connectivity index (χ1) is 12.6. The van der Waals surface area contributed by atoms with Crippen LogP contribution in [-0.4, -0.2) is 38.1 Å². The van der Waals surface area contributed by atoms with E-state index in [1.807, 2.05) is 6.92 Å². The molecule has 3 rings (SSSR count). The zero-order valence-electron chi connectivity index (χ0n) is 15.5. The topological polar surface area (TPSA) is 55.6 Å². The Balaban J connectivity index is 1.56. The first-order valence-electron chi connectivity index (χ1n) is 9.37. The third-order valence-corrected chi connectivity index (χ3v) is 4.69. The number of ether oxygens (including phenoxy) is 1.